The summed E-state index contributed by atoms with van der Waals surface area (Å²) in [7, 11) is 0. The third-order valence-electron chi connectivity index (χ3n) is 3.07. The number of halogens is 1. The predicted molar refractivity (Wildman–Crippen MR) is 58.1 cm³/mol. The van der Waals surface area contributed by atoms with Gasteiger partial charge in [0.15, 0.2) is 0 Å². The first kappa shape index (κ1) is 8.92. The molecule has 0 amide bonds. The van der Waals surface area contributed by atoms with E-state index in [0.29, 0.717) is 6.04 Å². The van der Waals surface area contributed by atoms with Crippen molar-refractivity contribution in [3.63, 3.8) is 0 Å². The van der Waals surface area contributed by atoms with Crippen molar-refractivity contribution in [2.24, 2.45) is 0 Å². The van der Waals surface area contributed by atoms with Crippen LogP contribution >= 0.6 is 15.9 Å². The highest BCUT2D eigenvalue weighted by atomic mass is 79.9. The second kappa shape index (κ2) is 3.35. The zero-order valence-electron chi connectivity index (χ0n) is 8.04. The SMILES string of the molecule is Brc1ncn2c1C(NC1CC1)CCC2. The van der Waals surface area contributed by atoms with Crippen molar-refractivity contribution in [2.45, 2.75) is 44.3 Å². The molecule has 14 heavy (non-hydrogen) atoms. The van der Waals surface area contributed by atoms with E-state index in [1.54, 1.807) is 0 Å². The number of aromatic nitrogens is 2. The van der Waals surface area contributed by atoms with Crippen LogP contribution in [0.3, 0.4) is 0 Å². The average molecular weight is 256 g/mol. The molecular formula is C10H14BrN3. The van der Waals surface area contributed by atoms with Crippen molar-refractivity contribution < 1.29 is 0 Å². The Hall–Kier alpha value is -0.350. The number of nitrogens with one attached hydrogen (secondary N) is 1. The summed E-state index contributed by atoms with van der Waals surface area (Å²) in [5.74, 6) is 0. The van der Waals surface area contributed by atoms with Gasteiger partial charge in [-0.3, -0.25) is 0 Å². The molecule has 1 aliphatic carbocycles. The predicted octanol–water partition coefficient (Wildman–Crippen LogP) is 2.23. The largest absolute Gasteiger partial charge is 0.332 e. The molecule has 3 nitrogen and oxygen atoms in total. The van der Waals surface area contributed by atoms with Gasteiger partial charge in [-0.25, -0.2) is 4.98 Å². The fourth-order valence-electron chi connectivity index (χ4n) is 2.19. The highest BCUT2D eigenvalue weighted by molar-refractivity contribution is 9.10. The molecule has 1 aromatic rings. The molecule has 0 radical (unpaired) electrons. The highest BCUT2D eigenvalue weighted by Gasteiger charge is 2.29. The van der Waals surface area contributed by atoms with Crippen LogP contribution in [0.15, 0.2) is 10.9 Å². The maximum Gasteiger partial charge on any atom is 0.128 e. The lowest BCUT2D eigenvalue weighted by Gasteiger charge is -2.25. The Morgan fingerprint density at radius 1 is 1.43 bits per heavy atom. The molecule has 1 atom stereocenters. The standard InChI is InChI=1S/C10H14BrN3/c11-10-9-8(13-7-3-4-7)2-1-5-14(9)6-12-10/h6-8,13H,1-5H2. The van der Waals surface area contributed by atoms with Crippen LogP contribution in [-0.2, 0) is 6.54 Å². The van der Waals surface area contributed by atoms with Gasteiger partial charge in [-0.15, -0.1) is 0 Å². The lowest BCUT2D eigenvalue weighted by Crippen LogP contribution is -2.29. The van der Waals surface area contributed by atoms with E-state index in [0.717, 1.165) is 17.2 Å². The highest BCUT2D eigenvalue weighted by Crippen LogP contribution is 2.33. The van der Waals surface area contributed by atoms with Crippen molar-refractivity contribution in [3.8, 4) is 0 Å². The van der Waals surface area contributed by atoms with Gasteiger partial charge in [0.1, 0.15) is 4.60 Å². The molecule has 2 aliphatic rings. The third kappa shape index (κ3) is 1.50. The minimum Gasteiger partial charge on any atom is -0.332 e. The Balaban J connectivity index is 1.88. The van der Waals surface area contributed by atoms with Gasteiger partial charge < -0.3 is 9.88 Å². The van der Waals surface area contributed by atoms with E-state index in [9.17, 15) is 0 Å². The van der Waals surface area contributed by atoms with E-state index in [-0.39, 0.29) is 0 Å². The minimum atomic E-state index is 0.521. The monoisotopic (exact) mass is 255 g/mol. The molecule has 1 aromatic heterocycles. The number of nitrogens with zero attached hydrogens (tertiary/aromatic N) is 2. The summed E-state index contributed by atoms with van der Waals surface area (Å²) in [6, 6.07) is 1.29. The first-order valence-corrected chi connectivity index (χ1v) is 6.10. The summed E-state index contributed by atoms with van der Waals surface area (Å²) in [6.45, 7) is 1.12. The molecule has 0 bridgehead atoms. The van der Waals surface area contributed by atoms with Crippen LogP contribution in [0.4, 0.5) is 0 Å². The second-order valence-corrected chi connectivity index (χ2v) is 5.00. The molecule has 1 fully saturated rings. The van der Waals surface area contributed by atoms with Crippen molar-refractivity contribution in [3.05, 3.63) is 16.6 Å². The van der Waals surface area contributed by atoms with Crippen LogP contribution in [0.2, 0.25) is 0 Å². The van der Waals surface area contributed by atoms with Crippen LogP contribution in [0.25, 0.3) is 0 Å². The Labute approximate surface area is 92.0 Å². The number of fused-ring (bicyclic) bond motifs is 1. The van der Waals surface area contributed by atoms with E-state index in [4.69, 9.17) is 0 Å². The fourth-order valence-corrected chi connectivity index (χ4v) is 2.78. The molecule has 2 heterocycles. The molecule has 76 valence electrons. The summed E-state index contributed by atoms with van der Waals surface area (Å²) in [4.78, 5) is 4.32. The minimum absolute atomic E-state index is 0.521. The molecule has 1 N–H and O–H groups in total. The lowest BCUT2D eigenvalue weighted by molar-refractivity contribution is 0.392. The van der Waals surface area contributed by atoms with Crippen LogP contribution < -0.4 is 5.32 Å². The van der Waals surface area contributed by atoms with Crippen LogP contribution in [0, 0.1) is 0 Å². The molecule has 1 unspecified atom stereocenters. The Kier molecular flexibility index (Phi) is 2.13. The Bertz CT molecular complexity index is 343. The molecule has 1 aliphatic heterocycles. The van der Waals surface area contributed by atoms with Crippen molar-refractivity contribution >= 4 is 15.9 Å². The summed E-state index contributed by atoms with van der Waals surface area (Å²) >= 11 is 3.53. The van der Waals surface area contributed by atoms with Gasteiger partial charge in [-0.2, -0.15) is 0 Å². The third-order valence-corrected chi connectivity index (χ3v) is 3.68. The van der Waals surface area contributed by atoms with Gasteiger partial charge in [-0.05, 0) is 41.6 Å². The lowest BCUT2D eigenvalue weighted by atomic mass is 10.0. The quantitative estimate of drug-likeness (QED) is 0.879. The van der Waals surface area contributed by atoms with E-state index >= 15 is 0 Å². The zero-order chi connectivity index (χ0) is 9.54. The van der Waals surface area contributed by atoms with Gasteiger partial charge in [0.2, 0.25) is 0 Å². The number of aryl methyl sites for hydroxylation is 1. The van der Waals surface area contributed by atoms with Crippen molar-refractivity contribution in [1.29, 1.82) is 0 Å². The van der Waals surface area contributed by atoms with Gasteiger partial charge >= 0.3 is 0 Å². The van der Waals surface area contributed by atoms with E-state index < -0.39 is 0 Å². The van der Waals surface area contributed by atoms with E-state index in [2.05, 4.69) is 30.8 Å². The van der Waals surface area contributed by atoms with E-state index in [1.165, 1.54) is 31.4 Å². The summed E-state index contributed by atoms with van der Waals surface area (Å²) in [5, 5.41) is 3.69. The summed E-state index contributed by atoms with van der Waals surface area (Å²) < 4.78 is 3.29. The number of rotatable bonds is 2. The van der Waals surface area contributed by atoms with Gasteiger partial charge in [-0.1, -0.05) is 0 Å². The summed E-state index contributed by atoms with van der Waals surface area (Å²) in [6.07, 6.45) is 7.16. The normalized spacial score (nSPS) is 26.2. The number of imidazole rings is 1. The van der Waals surface area contributed by atoms with Crippen LogP contribution in [0.1, 0.15) is 37.4 Å². The summed E-state index contributed by atoms with van der Waals surface area (Å²) in [5.41, 5.74) is 1.35. The molecular weight excluding hydrogens is 242 g/mol. The zero-order valence-corrected chi connectivity index (χ0v) is 9.63. The number of hydrogen-bond donors (Lipinski definition) is 1. The van der Waals surface area contributed by atoms with E-state index in [1.807, 2.05) is 6.33 Å². The first-order valence-electron chi connectivity index (χ1n) is 5.31. The van der Waals surface area contributed by atoms with Gasteiger partial charge in [0.05, 0.1) is 18.1 Å². The molecule has 3 rings (SSSR count). The van der Waals surface area contributed by atoms with Gasteiger partial charge in [0.25, 0.3) is 0 Å². The molecule has 0 saturated heterocycles. The maximum absolute atomic E-state index is 4.32. The van der Waals surface area contributed by atoms with Crippen LogP contribution in [0.5, 0.6) is 0 Å². The van der Waals surface area contributed by atoms with Gasteiger partial charge in [0, 0.05) is 12.6 Å². The fraction of sp³-hybridized carbons (Fsp3) is 0.700. The average Bonchev–Trinajstić information content (AvgIpc) is 2.91. The smallest absolute Gasteiger partial charge is 0.128 e. The Morgan fingerprint density at radius 3 is 3.07 bits per heavy atom. The Morgan fingerprint density at radius 2 is 2.29 bits per heavy atom. The van der Waals surface area contributed by atoms with Crippen molar-refractivity contribution in [1.82, 2.24) is 14.9 Å². The maximum atomic E-state index is 4.32. The number of hydrogen-bond acceptors (Lipinski definition) is 2. The second-order valence-electron chi connectivity index (χ2n) is 4.25. The van der Waals surface area contributed by atoms with Crippen LogP contribution in [-0.4, -0.2) is 15.6 Å². The van der Waals surface area contributed by atoms with Crippen molar-refractivity contribution in [2.75, 3.05) is 0 Å². The topological polar surface area (TPSA) is 29.9 Å². The molecule has 0 aromatic carbocycles. The molecule has 1 saturated carbocycles. The first-order chi connectivity index (χ1) is 6.84. The molecule has 4 heteroatoms. The molecule has 0 spiro atoms.